The van der Waals surface area contributed by atoms with Crippen LogP contribution in [0.5, 0.6) is 5.75 Å². The zero-order chi connectivity index (χ0) is 11.1. The van der Waals surface area contributed by atoms with Crippen LogP contribution in [-0.4, -0.2) is 23.6 Å². The number of hydrogen-bond donors (Lipinski definition) is 1. The van der Waals surface area contributed by atoms with Gasteiger partial charge in [-0.15, -0.1) is 0 Å². The van der Waals surface area contributed by atoms with Crippen molar-refractivity contribution in [1.29, 1.82) is 0 Å². The van der Waals surface area contributed by atoms with E-state index in [2.05, 4.69) is 11.9 Å². The molecule has 0 spiro atoms. The number of pyridine rings is 1. The second-order valence-corrected chi connectivity index (χ2v) is 4.49. The number of thioether (sulfide) groups is 1. The summed E-state index contributed by atoms with van der Waals surface area (Å²) in [5.74, 6) is 2.86. The average Bonchev–Trinajstić information content (AvgIpc) is 2.29. The number of rotatable bonds is 6. The summed E-state index contributed by atoms with van der Waals surface area (Å²) in [5.41, 5.74) is 7.08. The van der Waals surface area contributed by atoms with Crippen molar-refractivity contribution < 1.29 is 4.74 Å². The average molecular weight is 226 g/mol. The first-order chi connectivity index (χ1) is 7.27. The van der Waals surface area contributed by atoms with Crippen molar-refractivity contribution in [3.05, 3.63) is 24.0 Å². The fourth-order valence-electron chi connectivity index (χ4n) is 1.20. The summed E-state index contributed by atoms with van der Waals surface area (Å²) < 4.78 is 5.11. The Bertz CT molecular complexity index is 294. The Labute approximate surface area is 95.4 Å². The van der Waals surface area contributed by atoms with E-state index in [-0.39, 0.29) is 6.04 Å². The third-order valence-electron chi connectivity index (χ3n) is 2.04. The van der Waals surface area contributed by atoms with Gasteiger partial charge in [0.15, 0.2) is 0 Å². The molecule has 1 aromatic rings. The molecule has 0 aliphatic carbocycles. The van der Waals surface area contributed by atoms with E-state index in [9.17, 15) is 0 Å². The minimum atomic E-state index is 0.0455. The lowest BCUT2D eigenvalue weighted by molar-refractivity contribution is 0.412. The predicted molar refractivity (Wildman–Crippen MR) is 65.3 cm³/mol. The number of hydrogen-bond acceptors (Lipinski definition) is 4. The van der Waals surface area contributed by atoms with E-state index < -0.39 is 0 Å². The first-order valence-corrected chi connectivity index (χ1v) is 6.25. The number of nitrogens with two attached hydrogens (primary N) is 1. The van der Waals surface area contributed by atoms with E-state index in [0.717, 1.165) is 22.8 Å². The van der Waals surface area contributed by atoms with Gasteiger partial charge in [-0.05, 0) is 23.8 Å². The van der Waals surface area contributed by atoms with Crippen molar-refractivity contribution in [3.8, 4) is 5.75 Å². The lowest BCUT2D eigenvalue weighted by Gasteiger charge is -2.11. The van der Waals surface area contributed by atoms with Gasteiger partial charge in [0.25, 0.3) is 0 Å². The number of methoxy groups -OCH3 is 1. The van der Waals surface area contributed by atoms with Gasteiger partial charge in [-0.2, -0.15) is 11.8 Å². The van der Waals surface area contributed by atoms with E-state index in [1.54, 1.807) is 19.5 Å². The van der Waals surface area contributed by atoms with Crippen LogP contribution in [0.1, 0.15) is 24.9 Å². The molecule has 1 unspecified atom stereocenters. The maximum Gasteiger partial charge on any atom is 0.137 e. The third-order valence-corrected chi connectivity index (χ3v) is 3.34. The highest BCUT2D eigenvalue weighted by Crippen LogP contribution is 2.19. The molecule has 2 N–H and O–H groups in total. The summed E-state index contributed by atoms with van der Waals surface area (Å²) in [6.07, 6.45) is 4.68. The highest BCUT2D eigenvalue weighted by molar-refractivity contribution is 7.99. The van der Waals surface area contributed by atoms with Crippen LogP contribution < -0.4 is 10.5 Å². The van der Waals surface area contributed by atoms with Gasteiger partial charge < -0.3 is 10.5 Å². The Morgan fingerprint density at radius 1 is 1.53 bits per heavy atom. The largest absolute Gasteiger partial charge is 0.495 e. The summed E-state index contributed by atoms with van der Waals surface area (Å²) in [6.45, 7) is 2.17. The lowest BCUT2D eigenvalue weighted by atomic mass is 10.1. The van der Waals surface area contributed by atoms with Crippen LogP contribution in [-0.2, 0) is 0 Å². The minimum Gasteiger partial charge on any atom is -0.495 e. The summed E-state index contributed by atoms with van der Waals surface area (Å²) in [5, 5.41) is 0. The second-order valence-electron chi connectivity index (χ2n) is 3.34. The van der Waals surface area contributed by atoms with Gasteiger partial charge in [0, 0.05) is 18.0 Å². The Hall–Kier alpha value is -0.740. The fraction of sp³-hybridized carbons (Fsp3) is 0.545. The van der Waals surface area contributed by atoms with E-state index in [0.29, 0.717) is 0 Å². The van der Waals surface area contributed by atoms with Crippen molar-refractivity contribution in [2.24, 2.45) is 5.73 Å². The molecular weight excluding hydrogens is 208 g/mol. The summed E-state index contributed by atoms with van der Waals surface area (Å²) in [7, 11) is 1.64. The molecule has 0 fully saturated rings. The van der Waals surface area contributed by atoms with Crippen molar-refractivity contribution in [1.82, 2.24) is 4.98 Å². The Morgan fingerprint density at radius 3 is 3.00 bits per heavy atom. The van der Waals surface area contributed by atoms with E-state index in [1.165, 1.54) is 6.42 Å². The smallest absolute Gasteiger partial charge is 0.137 e. The Morgan fingerprint density at radius 2 is 2.33 bits per heavy atom. The topological polar surface area (TPSA) is 48.1 Å². The molecule has 0 saturated heterocycles. The van der Waals surface area contributed by atoms with Crippen molar-refractivity contribution in [2.45, 2.75) is 19.4 Å². The first kappa shape index (κ1) is 12.3. The standard InChI is InChI=1S/C11H18N2OS/c1-3-4-15-8-11(12)9-5-10(14-2)7-13-6-9/h5-7,11H,3-4,8,12H2,1-2H3. The fourth-order valence-corrected chi connectivity index (χ4v) is 2.10. The van der Waals surface area contributed by atoms with Gasteiger partial charge in [0.05, 0.1) is 13.3 Å². The molecule has 0 amide bonds. The summed E-state index contributed by atoms with van der Waals surface area (Å²) in [6, 6.07) is 1.99. The van der Waals surface area contributed by atoms with Crippen LogP contribution in [0.3, 0.4) is 0 Å². The number of ether oxygens (including phenoxy) is 1. The molecule has 1 rings (SSSR count). The molecule has 3 nitrogen and oxygen atoms in total. The van der Waals surface area contributed by atoms with Gasteiger partial charge in [0.2, 0.25) is 0 Å². The van der Waals surface area contributed by atoms with E-state index in [1.807, 2.05) is 17.8 Å². The van der Waals surface area contributed by atoms with Gasteiger partial charge in [-0.25, -0.2) is 0 Å². The molecule has 0 bridgehead atoms. The molecule has 84 valence electrons. The van der Waals surface area contributed by atoms with Crippen LogP contribution in [0, 0.1) is 0 Å². The molecule has 0 aliphatic rings. The summed E-state index contributed by atoms with van der Waals surface area (Å²) >= 11 is 1.88. The minimum absolute atomic E-state index is 0.0455. The van der Waals surface area contributed by atoms with Crippen LogP contribution in [0.4, 0.5) is 0 Å². The molecule has 1 atom stereocenters. The number of aromatic nitrogens is 1. The van der Waals surface area contributed by atoms with Crippen molar-refractivity contribution in [3.63, 3.8) is 0 Å². The quantitative estimate of drug-likeness (QED) is 0.756. The maximum absolute atomic E-state index is 6.04. The molecule has 0 aliphatic heterocycles. The van der Waals surface area contributed by atoms with Gasteiger partial charge in [-0.1, -0.05) is 6.92 Å². The SMILES string of the molecule is CCCSCC(N)c1cncc(OC)c1. The van der Waals surface area contributed by atoms with E-state index in [4.69, 9.17) is 10.5 Å². The Kier molecular flexibility index (Phi) is 5.50. The molecule has 15 heavy (non-hydrogen) atoms. The molecule has 0 radical (unpaired) electrons. The molecule has 1 heterocycles. The highest BCUT2D eigenvalue weighted by Gasteiger charge is 2.07. The first-order valence-electron chi connectivity index (χ1n) is 5.10. The van der Waals surface area contributed by atoms with Gasteiger partial charge >= 0.3 is 0 Å². The zero-order valence-corrected chi connectivity index (χ0v) is 10.1. The van der Waals surface area contributed by atoms with Crippen LogP contribution in [0.15, 0.2) is 18.5 Å². The van der Waals surface area contributed by atoms with Crippen LogP contribution in [0.25, 0.3) is 0 Å². The number of nitrogens with zero attached hydrogens (tertiary/aromatic N) is 1. The molecule has 0 aromatic carbocycles. The molecule has 0 saturated carbocycles. The van der Waals surface area contributed by atoms with Gasteiger partial charge in [0.1, 0.15) is 5.75 Å². The molecular formula is C11H18N2OS. The van der Waals surface area contributed by atoms with Crippen molar-refractivity contribution in [2.75, 3.05) is 18.6 Å². The van der Waals surface area contributed by atoms with E-state index >= 15 is 0 Å². The third kappa shape index (κ3) is 4.10. The lowest BCUT2D eigenvalue weighted by Crippen LogP contribution is -2.13. The molecule has 4 heteroatoms. The normalized spacial score (nSPS) is 12.5. The van der Waals surface area contributed by atoms with Crippen LogP contribution >= 0.6 is 11.8 Å². The monoisotopic (exact) mass is 226 g/mol. The Balaban J connectivity index is 2.52. The predicted octanol–water partition coefficient (Wildman–Crippen LogP) is 2.23. The molecule has 1 aromatic heterocycles. The zero-order valence-electron chi connectivity index (χ0n) is 9.27. The van der Waals surface area contributed by atoms with Crippen LogP contribution in [0.2, 0.25) is 0 Å². The summed E-state index contributed by atoms with van der Waals surface area (Å²) in [4.78, 5) is 4.09. The van der Waals surface area contributed by atoms with Crippen molar-refractivity contribution >= 4 is 11.8 Å². The maximum atomic E-state index is 6.04. The highest BCUT2D eigenvalue weighted by atomic mass is 32.2. The van der Waals surface area contributed by atoms with Gasteiger partial charge in [-0.3, -0.25) is 4.98 Å². The second kappa shape index (κ2) is 6.69.